The molecule has 0 aliphatic heterocycles. The first-order valence-electron chi connectivity index (χ1n) is 5.53. The fourth-order valence-electron chi connectivity index (χ4n) is 2.20. The second kappa shape index (κ2) is 4.39. The topological polar surface area (TPSA) is 55.1 Å². The minimum absolute atomic E-state index is 0.0288. The number of carbonyl (C=O) groups excluding carboxylic acids is 1. The number of fused-ring (bicyclic) bond motifs is 1. The Kier molecular flexibility index (Phi) is 2.95. The van der Waals surface area contributed by atoms with Gasteiger partial charge in [-0.3, -0.25) is 0 Å². The number of urea groups is 1. The summed E-state index contributed by atoms with van der Waals surface area (Å²) in [6.07, 6.45) is 6.41. The van der Waals surface area contributed by atoms with Crippen LogP contribution in [0, 0.1) is 0 Å². The van der Waals surface area contributed by atoms with Crippen LogP contribution in [0.4, 0.5) is 4.79 Å². The Balaban J connectivity index is 2.34. The second-order valence-corrected chi connectivity index (χ2v) is 4.09. The quantitative estimate of drug-likeness (QED) is 0.783. The van der Waals surface area contributed by atoms with Gasteiger partial charge in [-0.2, -0.15) is 0 Å². The average Bonchev–Trinajstić information content (AvgIpc) is 2.27. The van der Waals surface area contributed by atoms with Crippen molar-refractivity contribution in [1.29, 1.82) is 0 Å². The molecule has 0 unspecified atom stereocenters. The van der Waals surface area contributed by atoms with Crippen molar-refractivity contribution >= 4 is 12.1 Å². The van der Waals surface area contributed by atoms with Crippen LogP contribution in [0.3, 0.4) is 0 Å². The number of primary amides is 1. The number of carbonyl (C=O) groups is 1. The van der Waals surface area contributed by atoms with Crippen molar-refractivity contribution in [2.45, 2.75) is 25.8 Å². The second-order valence-electron chi connectivity index (χ2n) is 4.09. The van der Waals surface area contributed by atoms with E-state index in [0.29, 0.717) is 0 Å². The van der Waals surface area contributed by atoms with Gasteiger partial charge in [0.1, 0.15) is 0 Å². The van der Waals surface area contributed by atoms with Gasteiger partial charge < -0.3 is 11.1 Å². The van der Waals surface area contributed by atoms with Gasteiger partial charge in [0, 0.05) is 0 Å². The van der Waals surface area contributed by atoms with Crippen molar-refractivity contribution in [3.05, 3.63) is 41.0 Å². The molecule has 0 spiro atoms. The summed E-state index contributed by atoms with van der Waals surface area (Å²) in [7, 11) is 0. The molecule has 2 amide bonds. The number of amides is 2. The van der Waals surface area contributed by atoms with Crippen LogP contribution in [0.2, 0.25) is 0 Å². The Morgan fingerprint density at radius 1 is 1.50 bits per heavy atom. The third-order valence-electron chi connectivity index (χ3n) is 2.93. The predicted molar refractivity (Wildman–Crippen MR) is 64.9 cm³/mol. The Morgan fingerprint density at radius 3 is 3.06 bits per heavy atom. The Bertz CT molecular complexity index is 438. The van der Waals surface area contributed by atoms with Crippen LogP contribution in [-0.4, -0.2) is 6.03 Å². The minimum atomic E-state index is -0.476. The van der Waals surface area contributed by atoms with Crippen LogP contribution < -0.4 is 11.1 Å². The van der Waals surface area contributed by atoms with Gasteiger partial charge in [0.15, 0.2) is 0 Å². The lowest BCUT2D eigenvalue weighted by atomic mass is 9.90. The molecule has 0 fully saturated rings. The van der Waals surface area contributed by atoms with Crippen molar-refractivity contribution in [1.82, 2.24) is 5.32 Å². The van der Waals surface area contributed by atoms with Crippen LogP contribution in [0.15, 0.2) is 24.3 Å². The van der Waals surface area contributed by atoms with E-state index in [1.165, 1.54) is 16.7 Å². The minimum Gasteiger partial charge on any atom is -0.352 e. The molecule has 1 aliphatic carbocycles. The van der Waals surface area contributed by atoms with E-state index in [4.69, 9.17) is 5.73 Å². The van der Waals surface area contributed by atoms with Gasteiger partial charge in [-0.1, -0.05) is 30.4 Å². The van der Waals surface area contributed by atoms with Crippen LogP contribution in [0.1, 0.15) is 36.1 Å². The zero-order valence-corrected chi connectivity index (χ0v) is 9.36. The summed E-state index contributed by atoms with van der Waals surface area (Å²) in [5, 5.41) is 2.72. The van der Waals surface area contributed by atoms with Crippen LogP contribution in [0.5, 0.6) is 0 Å². The Labute approximate surface area is 95.3 Å². The van der Waals surface area contributed by atoms with Crippen molar-refractivity contribution in [3.63, 3.8) is 0 Å². The number of benzene rings is 1. The lowest BCUT2D eigenvalue weighted by molar-refractivity contribution is 0.246. The SMILES string of the molecule is C[C@H](NC(N)=O)c1cccc2c1CCC=C2. The molecule has 3 N–H and O–H groups in total. The molecular formula is C13H16N2O. The zero-order chi connectivity index (χ0) is 11.5. The van der Waals surface area contributed by atoms with Crippen molar-refractivity contribution in [2.75, 3.05) is 0 Å². The molecule has 0 saturated carbocycles. The summed E-state index contributed by atoms with van der Waals surface area (Å²) in [5.41, 5.74) is 8.89. The summed E-state index contributed by atoms with van der Waals surface area (Å²) < 4.78 is 0. The monoisotopic (exact) mass is 216 g/mol. The molecule has 2 rings (SSSR count). The van der Waals surface area contributed by atoms with E-state index >= 15 is 0 Å². The van der Waals surface area contributed by atoms with Gasteiger partial charge in [0.2, 0.25) is 0 Å². The number of hydrogen-bond donors (Lipinski definition) is 2. The first kappa shape index (κ1) is 10.7. The smallest absolute Gasteiger partial charge is 0.312 e. The van der Waals surface area contributed by atoms with Crippen molar-refractivity contribution < 1.29 is 4.79 Å². The number of allylic oxidation sites excluding steroid dienone is 1. The Morgan fingerprint density at radius 2 is 2.31 bits per heavy atom. The highest BCUT2D eigenvalue weighted by atomic mass is 16.2. The first-order chi connectivity index (χ1) is 7.68. The molecule has 16 heavy (non-hydrogen) atoms. The summed E-state index contributed by atoms with van der Waals surface area (Å²) in [6.45, 7) is 1.96. The summed E-state index contributed by atoms with van der Waals surface area (Å²) in [5.74, 6) is 0. The van der Waals surface area contributed by atoms with Crippen LogP contribution in [0.25, 0.3) is 6.08 Å². The van der Waals surface area contributed by atoms with E-state index in [-0.39, 0.29) is 6.04 Å². The van der Waals surface area contributed by atoms with E-state index < -0.39 is 6.03 Å². The van der Waals surface area contributed by atoms with E-state index in [1.807, 2.05) is 13.0 Å². The van der Waals surface area contributed by atoms with E-state index in [1.54, 1.807) is 0 Å². The van der Waals surface area contributed by atoms with Gasteiger partial charge in [-0.05, 0) is 36.5 Å². The predicted octanol–water partition coefficient (Wildman–Crippen LogP) is 2.38. The largest absolute Gasteiger partial charge is 0.352 e. The molecule has 3 heteroatoms. The highest BCUT2D eigenvalue weighted by Gasteiger charge is 2.14. The molecule has 0 saturated heterocycles. The average molecular weight is 216 g/mol. The number of hydrogen-bond acceptors (Lipinski definition) is 1. The van der Waals surface area contributed by atoms with Gasteiger partial charge in [0.25, 0.3) is 0 Å². The fourth-order valence-corrected chi connectivity index (χ4v) is 2.20. The van der Waals surface area contributed by atoms with E-state index in [0.717, 1.165) is 12.8 Å². The van der Waals surface area contributed by atoms with E-state index in [9.17, 15) is 4.79 Å². The lowest BCUT2D eigenvalue weighted by Gasteiger charge is -2.20. The molecule has 84 valence electrons. The number of rotatable bonds is 2. The fraction of sp³-hybridized carbons (Fsp3) is 0.308. The maximum atomic E-state index is 10.8. The van der Waals surface area contributed by atoms with Gasteiger partial charge in [0.05, 0.1) is 6.04 Å². The van der Waals surface area contributed by atoms with Gasteiger partial charge in [-0.15, -0.1) is 0 Å². The maximum absolute atomic E-state index is 10.8. The zero-order valence-electron chi connectivity index (χ0n) is 9.36. The van der Waals surface area contributed by atoms with Crippen molar-refractivity contribution in [3.8, 4) is 0 Å². The van der Waals surface area contributed by atoms with E-state index in [2.05, 4.69) is 29.6 Å². The third-order valence-corrected chi connectivity index (χ3v) is 2.93. The first-order valence-corrected chi connectivity index (χ1v) is 5.53. The molecule has 1 aliphatic rings. The molecule has 0 heterocycles. The van der Waals surface area contributed by atoms with Crippen LogP contribution in [-0.2, 0) is 6.42 Å². The van der Waals surface area contributed by atoms with Crippen LogP contribution >= 0.6 is 0 Å². The highest BCUT2D eigenvalue weighted by molar-refractivity contribution is 5.72. The van der Waals surface area contributed by atoms with Gasteiger partial charge in [-0.25, -0.2) is 4.79 Å². The van der Waals surface area contributed by atoms with Crippen molar-refractivity contribution in [2.24, 2.45) is 5.73 Å². The molecule has 0 bridgehead atoms. The lowest BCUT2D eigenvalue weighted by Crippen LogP contribution is -2.32. The molecule has 1 aromatic rings. The molecule has 1 aromatic carbocycles. The maximum Gasteiger partial charge on any atom is 0.312 e. The normalized spacial score (nSPS) is 15.3. The molecular weight excluding hydrogens is 200 g/mol. The summed E-state index contributed by atoms with van der Waals surface area (Å²) in [4.78, 5) is 10.8. The molecule has 0 radical (unpaired) electrons. The summed E-state index contributed by atoms with van der Waals surface area (Å²) in [6, 6.07) is 5.67. The summed E-state index contributed by atoms with van der Waals surface area (Å²) >= 11 is 0. The Hall–Kier alpha value is -1.77. The molecule has 1 atom stereocenters. The highest BCUT2D eigenvalue weighted by Crippen LogP contribution is 2.26. The van der Waals surface area contributed by atoms with Gasteiger partial charge >= 0.3 is 6.03 Å². The number of nitrogens with two attached hydrogens (primary N) is 1. The standard InChI is InChI=1S/C13H16N2O/c1-9(15-13(14)16)11-8-4-6-10-5-2-3-7-12(10)11/h2,4-6,8-9H,3,7H2,1H3,(H3,14,15,16)/t9-/m0/s1. The molecule has 0 aromatic heterocycles. The third kappa shape index (κ3) is 2.08. The molecule has 3 nitrogen and oxygen atoms in total. The number of nitrogens with one attached hydrogen (secondary N) is 1.